The number of carbonyl (C=O) groups is 1. The molecule has 0 aliphatic carbocycles. The van der Waals surface area contributed by atoms with Crippen molar-refractivity contribution in [3.8, 4) is 22.8 Å². The van der Waals surface area contributed by atoms with Gasteiger partial charge in [0.1, 0.15) is 11.5 Å². The number of hydrogen-bond donors (Lipinski definition) is 1. The average molecular weight is 373 g/mol. The predicted octanol–water partition coefficient (Wildman–Crippen LogP) is 3.94. The lowest BCUT2D eigenvalue weighted by Gasteiger charge is -2.09. The lowest BCUT2D eigenvalue weighted by Crippen LogP contribution is -2.23. The molecule has 3 rings (SSSR count). The highest BCUT2D eigenvalue weighted by molar-refractivity contribution is 6.30. The first-order valence-electron chi connectivity index (χ1n) is 7.82. The summed E-state index contributed by atoms with van der Waals surface area (Å²) >= 11 is 5.87. The standard InChI is InChI=1S/C19H17ClN2O4/c1-24-15-7-12(8-16(9-15)25-2)11-21-19(23)17-10-18(26-22-17)13-3-5-14(20)6-4-13/h3-10H,11H2,1-2H3,(H,21,23). The molecule has 6 nitrogen and oxygen atoms in total. The minimum Gasteiger partial charge on any atom is -0.497 e. The fourth-order valence-electron chi connectivity index (χ4n) is 2.37. The lowest BCUT2D eigenvalue weighted by molar-refractivity contribution is 0.0942. The molecule has 0 saturated heterocycles. The number of benzene rings is 2. The number of methoxy groups -OCH3 is 2. The fraction of sp³-hybridized carbons (Fsp3) is 0.158. The van der Waals surface area contributed by atoms with E-state index >= 15 is 0 Å². The molecule has 7 heteroatoms. The van der Waals surface area contributed by atoms with Gasteiger partial charge in [0.2, 0.25) is 0 Å². The van der Waals surface area contributed by atoms with Crippen molar-refractivity contribution < 1.29 is 18.8 Å². The third-order valence-corrected chi connectivity index (χ3v) is 3.99. The van der Waals surface area contributed by atoms with Crippen molar-refractivity contribution in [2.24, 2.45) is 0 Å². The Hall–Kier alpha value is -2.99. The number of nitrogens with one attached hydrogen (secondary N) is 1. The lowest BCUT2D eigenvalue weighted by atomic mass is 10.1. The van der Waals surface area contributed by atoms with Crippen molar-refractivity contribution in [3.63, 3.8) is 0 Å². The summed E-state index contributed by atoms with van der Waals surface area (Å²) < 4.78 is 15.7. The maximum absolute atomic E-state index is 12.3. The van der Waals surface area contributed by atoms with Gasteiger partial charge in [0.15, 0.2) is 11.5 Å². The third-order valence-electron chi connectivity index (χ3n) is 3.74. The van der Waals surface area contributed by atoms with Crippen LogP contribution in [0.25, 0.3) is 11.3 Å². The summed E-state index contributed by atoms with van der Waals surface area (Å²) in [5.74, 6) is 1.46. The van der Waals surface area contributed by atoms with E-state index in [0.29, 0.717) is 28.8 Å². The molecule has 0 aliphatic rings. The molecule has 1 heterocycles. The summed E-state index contributed by atoms with van der Waals surface area (Å²) in [6.07, 6.45) is 0. The van der Waals surface area contributed by atoms with E-state index in [4.69, 9.17) is 25.6 Å². The van der Waals surface area contributed by atoms with Gasteiger partial charge in [0.05, 0.1) is 14.2 Å². The molecule has 0 spiro atoms. The molecule has 26 heavy (non-hydrogen) atoms. The summed E-state index contributed by atoms with van der Waals surface area (Å²) in [6, 6.07) is 14.1. The quantitative estimate of drug-likeness (QED) is 0.709. The zero-order chi connectivity index (χ0) is 18.5. The summed E-state index contributed by atoms with van der Waals surface area (Å²) in [5, 5.41) is 7.25. The van der Waals surface area contributed by atoms with Crippen LogP contribution >= 0.6 is 11.6 Å². The Balaban J connectivity index is 1.68. The first kappa shape index (κ1) is 17.8. The smallest absolute Gasteiger partial charge is 0.273 e. The van der Waals surface area contributed by atoms with Crippen LogP contribution in [0.1, 0.15) is 16.1 Å². The monoisotopic (exact) mass is 372 g/mol. The van der Waals surface area contributed by atoms with Crippen molar-refractivity contribution in [2.45, 2.75) is 6.54 Å². The number of hydrogen-bond acceptors (Lipinski definition) is 5. The Bertz CT molecular complexity index is 884. The van der Waals surface area contributed by atoms with Gasteiger partial charge in [0.25, 0.3) is 5.91 Å². The van der Waals surface area contributed by atoms with Crippen LogP contribution in [-0.2, 0) is 6.54 Å². The number of amides is 1. The maximum atomic E-state index is 12.3. The molecule has 0 fully saturated rings. The van der Waals surface area contributed by atoms with Gasteiger partial charge in [-0.05, 0) is 42.0 Å². The molecule has 2 aromatic carbocycles. The topological polar surface area (TPSA) is 73.6 Å². The molecular weight excluding hydrogens is 356 g/mol. The zero-order valence-corrected chi connectivity index (χ0v) is 15.0. The average Bonchev–Trinajstić information content (AvgIpc) is 3.16. The van der Waals surface area contributed by atoms with Crippen LogP contribution < -0.4 is 14.8 Å². The van der Waals surface area contributed by atoms with Crippen LogP contribution in [0.15, 0.2) is 53.1 Å². The largest absolute Gasteiger partial charge is 0.497 e. The van der Waals surface area contributed by atoms with Crippen molar-refractivity contribution in [1.29, 1.82) is 0 Å². The summed E-state index contributed by atoms with van der Waals surface area (Å²) in [7, 11) is 3.15. The highest BCUT2D eigenvalue weighted by Crippen LogP contribution is 2.23. The van der Waals surface area contributed by atoms with E-state index in [-0.39, 0.29) is 11.6 Å². The van der Waals surface area contributed by atoms with Gasteiger partial charge in [0, 0.05) is 29.3 Å². The Morgan fingerprint density at radius 3 is 2.35 bits per heavy atom. The highest BCUT2D eigenvalue weighted by atomic mass is 35.5. The molecule has 3 aromatic rings. The highest BCUT2D eigenvalue weighted by Gasteiger charge is 2.14. The molecule has 0 aliphatic heterocycles. The second-order valence-corrected chi connectivity index (χ2v) is 5.92. The van der Waals surface area contributed by atoms with Crippen LogP contribution in [0, 0.1) is 0 Å². The van der Waals surface area contributed by atoms with E-state index in [2.05, 4.69) is 10.5 Å². The number of carbonyl (C=O) groups excluding carboxylic acids is 1. The van der Waals surface area contributed by atoms with E-state index in [1.807, 2.05) is 12.1 Å². The van der Waals surface area contributed by atoms with Crippen molar-refractivity contribution in [3.05, 3.63) is 64.8 Å². The molecular formula is C19H17ClN2O4. The molecule has 0 radical (unpaired) electrons. The molecule has 1 amide bonds. The van der Waals surface area contributed by atoms with Gasteiger partial charge in [-0.1, -0.05) is 16.8 Å². The Labute approximate surface area is 155 Å². The molecule has 1 aromatic heterocycles. The second kappa shape index (κ2) is 7.93. The van der Waals surface area contributed by atoms with Crippen LogP contribution in [-0.4, -0.2) is 25.3 Å². The number of halogens is 1. The number of aromatic nitrogens is 1. The van der Waals surface area contributed by atoms with Crippen LogP contribution in [0.5, 0.6) is 11.5 Å². The molecule has 0 saturated carbocycles. The van der Waals surface area contributed by atoms with E-state index in [1.54, 1.807) is 50.6 Å². The number of nitrogens with zero attached hydrogens (tertiary/aromatic N) is 1. The van der Waals surface area contributed by atoms with Gasteiger partial charge in [-0.25, -0.2) is 0 Å². The van der Waals surface area contributed by atoms with Crippen LogP contribution in [0.4, 0.5) is 0 Å². The first-order chi connectivity index (χ1) is 12.6. The summed E-state index contributed by atoms with van der Waals surface area (Å²) in [5.41, 5.74) is 1.83. The Morgan fingerprint density at radius 1 is 1.08 bits per heavy atom. The van der Waals surface area contributed by atoms with Crippen molar-refractivity contribution >= 4 is 17.5 Å². The molecule has 134 valence electrons. The first-order valence-corrected chi connectivity index (χ1v) is 8.19. The SMILES string of the molecule is COc1cc(CNC(=O)c2cc(-c3ccc(Cl)cc3)on2)cc(OC)c1. The number of rotatable bonds is 6. The van der Waals surface area contributed by atoms with Gasteiger partial charge in [-0.15, -0.1) is 0 Å². The van der Waals surface area contributed by atoms with Gasteiger partial charge < -0.3 is 19.3 Å². The van der Waals surface area contributed by atoms with Crippen LogP contribution in [0.2, 0.25) is 5.02 Å². The van der Waals surface area contributed by atoms with E-state index in [9.17, 15) is 4.79 Å². The molecule has 1 N–H and O–H groups in total. The summed E-state index contributed by atoms with van der Waals surface area (Å²) in [6.45, 7) is 0.301. The third kappa shape index (κ3) is 4.15. The van der Waals surface area contributed by atoms with Crippen LogP contribution in [0.3, 0.4) is 0 Å². The van der Waals surface area contributed by atoms with E-state index in [0.717, 1.165) is 11.1 Å². The molecule has 0 unspecified atom stereocenters. The maximum Gasteiger partial charge on any atom is 0.273 e. The van der Waals surface area contributed by atoms with Gasteiger partial charge in [-0.3, -0.25) is 4.79 Å². The molecule has 0 atom stereocenters. The van der Waals surface area contributed by atoms with Gasteiger partial charge >= 0.3 is 0 Å². The minimum absolute atomic E-state index is 0.199. The summed E-state index contributed by atoms with van der Waals surface area (Å²) in [4.78, 5) is 12.3. The normalized spacial score (nSPS) is 10.4. The Morgan fingerprint density at radius 2 is 1.73 bits per heavy atom. The van der Waals surface area contributed by atoms with Crippen molar-refractivity contribution in [1.82, 2.24) is 10.5 Å². The van der Waals surface area contributed by atoms with Gasteiger partial charge in [-0.2, -0.15) is 0 Å². The van der Waals surface area contributed by atoms with E-state index < -0.39 is 0 Å². The zero-order valence-electron chi connectivity index (χ0n) is 14.3. The number of ether oxygens (including phenoxy) is 2. The Kier molecular flexibility index (Phi) is 5.43. The predicted molar refractivity (Wildman–Crippen MR) is 97.7 cm³/mol. The second-order valence-electron chi connectivity index (χ2n) is 5.49. The molecule has 0 bridgehead atoms. The fourth-order valence-corrected chi connectivity index (χ4v) is 2.50. The van der Waals surface area contributed by atoms with E-state index in [1.165, 1.54) is 0 Å². The van der Waals surface area contributed by atoms with Crippen molar-refractivity contribution in [2.75, 3.05) is 14.2 Å². The minimum atomic E-state index is -0.337.